The van der Waals surface area contributed by atoms with Gasteiger partial charge in [0.15, 0.2) is 0 Å². The lowest BCUT2D eigenvalue weighted by atomic mass is 10.0. The van der Waals surface area contributed by atoms with Crippen LogP contribution in [-0.4, -0.2) is 51.4 Å². The third kappa shape index (κ3) is 8.21. The third-order valence-corrected chi connectivity index (χ3v) is 8.19. The lowest BCUT2D eigenvalue weighted by Crippen LogP contribution is -2.44. The summed E-state index contributed by atoms with van der Waals surface area (Å²) in [6.45, 7) is 0.929. The standard InChI is InChI=1S/C13H18N2O4S.C6H13NO2S/c14-20(17,18)12-6-8-15(9-7-12)13(16)19-10-11-4-2-1-3-5-11;7-10(8,9)6-4-2-1-3-5-6/h1-5,12H,6-10H2,(H2,14,17,18);6H,1-5H2,(H2,7,8,9). The largest absolute Gasteiger partial charge is 0.445 e. The van der Waals surface area contributed by atoms with Crippen molar-refractivity contribution < 1.29 is 26.4 Å². The van der Waals surface area contributed by atoms with Crippen molar-refractivity contribution in [1.29, 1.82) is 0 Å². The molecule has 30 heavy (non-hydrogen) atoms. The van der Waals surface area contributed by atoms with E-state index in [9.17, 15) is 21.6 Å². The van der Waals surface area contributed by atoms with Crippen molar-refractivity contribution in [2.45, 2.75) is 62.1 Å². The Hall–Kier alpha value is -1.69. The molecule has 1 saturated carbocycles. The first-order valence-corrected chi connectivity index (χ1v) is 13.3. The molecule has 1 aliphatic heterocycles. The van der Waals surface area contributed by atoms with Crippen molar-refractivity contribution in [2.75, 3.05) is 13.1 Å². The number of carbonyl (C=O) groups is 1. The van der Waals surface area contributed by atoms with Gasteiger partial charge < -0.3 is 9.64 Å². The monoisotopic (exact) mass is 461 g/mol. The molecule has 11 heteroatoms. The second-order valence-electron chi connectivity index (χ2n) is 7.66. The zero-order chi connectivity index (χ0) is 22.2. The first-order chi connectivity index (χ1) is 14.1. The van der Waals surface area contributed by atoms with Gasteiger partial charge in [-0.1, -0.05) is 49.6 Å². The molecule has 2 fully saturated rings. The molecule has 1 saturated heterocycles. The molecule has 1 aromatic carbocycles. The highest BCUT2D eigenvalue weighted by atomic mass is 32.2. The van der Waals surface area contributed by atoms with Gasteiger partial charge in [-0.05, 0) is 31.2 Å². The van der Waals surface area contributed by atoms with E-state index in [4.69, 9.17) is 15.0 Å². The summed E-state index contributed by atoms with van der Waals surface area (Å²) in [4.78, 5) is 13.4. The number of nitrogens with zero attached hydrogens (tertiary/aromatic N) is 1. The molecule has 170 valence electrons. The molecule has 0 bridgehead atoms. The molecule has 1 heterocycles. The number of nitrogens with two attached hydrogens (primary N) is 2. The van der Waals surface area contributed by atoms with Crippen molar-refractivity contribution in [3.63, 3.8) is 0 Å². The first kappa shape index (κ1) is 24.6. The highest BCUT2D eigenvalue weighted by molar-refractivity contribution is 7.90. The average molecular weight is 462 g/mol. The topological polar surface area (TPSA) is 150 Å². The molecule has 0 spiro atoms. The van der Waals surface area contributed by atoms with Crippen LogP contribution in [0, 0.1) is 0 Å². The normalized spacial score (nSPS) is 18.9. The second kappa shape index (κ2) is 11.1. The first-order valence-electron chi connectivity index (χ1n) is 10.1. The van der Waals surface area contributed by atoms with Crippen molar-refractivity contribution in [1.82, 2.24) is 4.90 Å². The van der Waals surface area contributed by atoms with Gasteiger partial charge in [-0.3, -0.25) is 0 Å². The van der Waals surface area contributed by atoms with Crippen molar-refractivity contribution in [3.05, 3.63) is 35.9 Å². The molecule has 4 N–H and O–H groups in total. The van der Waals surface area contributed by atoms with E-state index < -0.39 is 31.4 Å². The van der Waals surface area contributed by atoms with Crippen LogP contribution in [0.3, 0.4) is 0 Å². The summed E-state index contributed by atoms with van der Waals surface area (Å²) in [6.07, 6.45) is 5.02. The molecule has 0 unspecified atom stereocenters. The van der Waals surface area contributed by atoms with E-state index in [1.54, 1.807) is 0 Å². The average Bonchev–Trinajstić information content (AvgIpc) is 2.73. The molecule has 1 aromatic rings. The molecule has 0 radical (unpaired) electrons. The van der Waals surface area contributed by atoms with Gasteiger partial charge in [0.25, 0.3) is 0 Å². The number of rotatable bonds is 4. The summed E-state index contributed by atoms with van der Waals surface area (Å²) in [5, 5.41) is 9.28. The Bertz CT molecular complexity index is 876. The fraction of sp³-hybridized carbons (Fsp3) is 0.632. The van der Waals surface area contributed by atoms with Gasteiger partial charge in [-0.15, -0.1) is 0 Å². The van der Waals surface area contributed by atoms with E-state index in [0.717, 1.165) is 37.7 Å². The lowest BCUT2D eigenvalue weighted by molar-refractivity contribution is 0.0897. The summed E-state index contributed by atoms with van der Waals surface area (Å²) < 4.78 is 49.2. The second-order valence-corrected chi connectivity index (χ2v) is 11.4. The molecule has 9 nitrogen and oxygen atoms in total. The number of piperidine rings is 1. The predicted molar refractivity (Wildman–Crippen MR) is 114 cm³/mol. The molecule has 1 amide bonds. The molecular formula is C19H31N3O6S2. The number of ether oxygens (including phenoxy) is 1. The van der Waals surface area contributed by atoms with E-state index in [1.165, 1.54) is 4.90 Å². The number of likely N-dealkylation sites (tertiary alicyclic amines) is 1. The maximum Gasteiger partial charge on any atom is 0.410 e. The van der Waals surface area contributed by atoms with Gasteiger partial charge in [-0.2, -0.15) is 0 Å². The quantitative estimate of drug-likeness (QED) is 0.696. The number of hydrogen-bond acceptors (Lipinski definition) is 6. The number of carbonyl (C=O) groups excluding carboxylic acids is 1. The van der Waals surface area contributed by atoms with Gasteiger partial charge in [0.2, 0.25) is 20.0 Å². The van der Waals surface area contributed by atoms with E-state index in [-0.39, 0.29) is 11.9 Å². The molecule has 0 aromatic heterocycles. The highest BCUT2D eigenvalue weighted by Gasteiger charge is 2.29. The number of primary sulfonamides is 2. The van der Waals surface area contributed by atoms with Crippen LogP contribution in [0.5, 0.6) is 0 Å². The van der Waals surface area contributed by atoms with Crippen LogP contribution in [0.25, 0.3) is 0 Å². The van der Waals surface area contributed by atoms with Crippen LogP contribution in [0.4, 0.5) is 4.79 Å². The van der Waals surface area contributed by atoms with Gasteiger partial charge in [0, 0.05) is 13.1 Å². The van der Waals surface area contributed by atoms with Crippen LogP contribution in [0.15, 0.2) is 30.3 Å². The maximum atomic E-state index is 11.9. The summed E-state index contributed by atoms with van der Waals surface area (Å²) in [5.41, 5.74) is 0.917. The summed E-state index contributed by atoms with van der Waals surface area (Å²) >= 11 is 0. The van der Waals surface area contributed by atoms with E-state index in [0.29, 0.717) is 25.9 Å². The molecule has 1 aliphatic carbocycles. The van der Waals surface area contributed by atoms with Crippen molar-refractivity contribution >= 4 is 26.1 Å². The fourth-order valence-electron chi connectivity index (χ4n) is 3.57. The molecule has 0 atom stereocenters. The van der Waals surface area contributed by atoms with Gasteiger partial charge in [-0.25, -0.2) is 31.9 Å². The molecular weight excluding hydrogens is 430 g/mol. The lowest BCUT2D eigenvalue weighted by Gasteiger charge is -2.30. The number of sulfonamides is 2. The summed E-state index contributed by atoms with van der Waals surface area (Å²) in [5.74, 6) is 0. The number of amides is 1. The Balaban J connectivity index is 0.000000269. The minimum Gasteiger partial charge on any atom is -0.445 e. The summed E-state index contributed by atoms with van der Waals surface area (Å²) in [7, 11) is -6.73. The maximum absolute atomic E-state index is 11.9. The van der Waals surface area contributed by atoms with E-state index >= 15 is 0 Å². The van der Waals surface area contributed by atoms with Crippen LogP contribution in [-0.2, 0) is 31.4 Å². The fourth-order valence-corrected chi connectivity index (χ4v) is 5.43. The Morgan fingerprint density at radius 3 is 1.83 bits per heavy atom. The number of benzene rings is 1. The van der Waals surface area contributed by atoms with E-state index in [1.807, 2.05) is 30.3 Å². The Labute approximate surface area is 178 Å². The minimum atomic E-state index is -3.51. The Kier molecular flexibility index (Phi) is 9.08. The van der Waals surface area contributed by atoms with Crippen molar-refractivity contribution in [2.24, 2.45) is 10.3 Å². The SMILES string of the molecule is NS(=O)(=O)C1CCCCC1.NS(=O)(=O)C1CCN(C(=O)OCc2ccccc2)CC1. The third-order valence-electron chi connectivity index (χ3n) is 5.39. The van der Waals surface area contributed by atoms with Crippen LogP contribution >= 0.6 is 0 Å². The number of hydrogen-bond donors (Lipinski definition) is 2. The van der Waals surface area contributed by atoms with Crippen LogP contribution in [0.1, 0.15) is 50.5 Å². The Morgan fingerprint density at radius 1 is 0.867 bits per heavy atom. The molecule has 3 rings (SSSR count). The molecule has 2 aliphatic rings. The summed E-state index contributed by atoms with van der Waals surface area (Å²) in [6, 6.07) is 9.39. The van der Waals surface area contributed by atoms with Gasteiger partial charge >= 0.3 is 6.09 Å². The highest BCUT2D eigenvalue weighted by Crippen LogP contribution is 2.21. The zero-order valence-corrected chi connectivity index (χ0v) is 18.6. The van der Waals surface area contributed by atoms with Crippen molar-refractivity contribution in [3.8, 4) is 0 Å². The van der Waals surface area contributed by atoms with Gasteiger partial charge in [0.05, 0.1) is 10.5 Å². The zero-order valence-electron chi connectivity index (χ0n) is 17.0. The smallest absolute Gasteiger partial charge is 0.410 e. The Morgan fingerprint density at radius 2 is 1.37 bits per heavy atom. The minimum absolute atomic E-state index is 0.217. The predicted octanol–water partition coefficient (Wildman–Crippen LogP) is 1.68. The van der Waals surface area contributed by atoms with Gasteiger partial charge in [0.1, 0.15) is 6.61 Å². The van der Waals surface area contributed by atoms with E-state index in [2.05, 4.69) is 0 Å². The van der Waals surface area contributed by atoms with Crippen LogP contribution < -0.4 is 10.3 Å². The van der Waals surface area contributed by atoms with Crippen LogP contribution in [0.2, 0.25) is 0 Å².